The number of rotatable bonds is 4. The second-order valence-electron chi connectivity index (χ2n) is 3.89. The van der Waals surface area contributed by atoms with Crippen molar-refractivity contribution in [3.63, 3.8) is 0 Å². The normalized spacial score (nSPS) is 10.9. The Hall–Kier alpha value is -1.95. The number of hydrogen-bond donors (Lipinski definition) is 1. The lowest BCUT2D eigenvalue weighted by molar-refractivity contribution is 0.903. The summed E-state index contributed by atoms with van der Waals surface area (Å²) < 4.78 is 1.73. The van der Waals surface area contributed by atoms with E-state index in [2.05, 4.69) is 44.8 Å². The molecule has 0 amide bonds. The molecule has 3 rings (SSSR count). The Morgan fingerprint density at radius 1 is 1.44 bits per heavy atom. The summed E-state index contributed by atoms with van der Waals surface area (Å²) in [5, 5.41) is 9.64. The number of anilines is 1. The van der Waals surface area contributed by atoms with Gasteiger partial charge in [0.1, 0.15) is 12.1 Å². The summed E-state index contributed by atoms with van der Waals surface area (Å²) >= 11 is 1.74. The van der Waals surface area contributed by atoms with E-state index in [4.69, 9.17) is 0 Å². The van der Waals surface area contributed by atoms with Gasteiger partial charge in [0, 0.05) is 16.6 Å². The molecule has 0 bridgehead atoms. The highest BCUT2D eigenvalue weighted by molar-refractivity contribution is 7.09. The van der Waals surface area contributed by atoms with Gasteiger partial charge in [-0.1, -0.05) is 13.0 Å². The Bertz CT molecular complexity index is 644. The summed E-state index contributed by atoms with van der Waals surface area (Å²) in [7, 11) is 0. The molecule has 0 unspecified atom stereocenters. The van der Waals surface area contributed by atoms with Crippen LogP contribution in [0.3, 0.4) is 0 Å². The fourth-order valence-corrected chi connectivity index (χ4v) is 2.40. The minimum atomic E-state index is 0.642. The smallest absolute Gasteiger partial charge is 0.254 e. The Kier molecular flexibility index (Phi) is 2.93. The lowest BCUT2D eigenvalue weighted by Gasteiger charge is -2.08. The van der Waals surface area contributed by atoms with Gasteiger partial charge in [-0.2, -0.15) is 14.6 Å². The maximum Gasteiger partial charge on any atom is 0.254 e. The molecule has 0 aliphatic rings. The molecular weight excluding hydrogens is 246 g/mol. The topological polar surface area (TPSA) is 55.1 Å². The summed E-state index contributed by atoms with van der Waals surface area (Å²) in [6, 6.07) is 6.18. The highest BCUT2D eigenvalue weighted by Gasteiger charge is 2.06. The molecule has 0 fully saturated rings. The molecule has 0 spiro atoms. The quantitative estimate of drug-likeness (QED) is 0.781. The lowest BCUT2D eigenvalue weighted by Crippen LogP contribution is -2.06. The van der Waals surface area contributed by atoms with Crippen molar-refractivity contribution >= 4 is 22.9 Å². The molecule has 0 atom stereocenters. The van der Waals surface area contributed by atoms with Crippen molar-refractivity contribution in [2.24, 2.45) is 0 Å². The molecular formula is C12H13N5S. The maximum absolute atomic E-state index is 4.41. The third-order valence-electron chi connectivity index (χ3n) is 2.69. The maximum atomic E-state index is 4.41. The van der Waals surface area contributed by atoms with Gasteiger partial charge in [-0.15, -0.1) is 11.3 Å². The van der Waals surface area contributed by atoms with Crippen molar-refractivity contribution < 1.29 is 0 Å². The monoisotopic (exact) mass is 259 g/mol. The lowest BCUT2D eigenvalue weighted by atomic mass is 10.3. The van der Waals surface area contributed by atoms with Gasteiger partial charge in [-0.3, -0.25) is 0 Å². The zero-order chi connectivity index (χ0) is 12.4. The number of aryl methyl sites for hydroxylation is 1. The molecule has 0 saturated heterocycles. The van der Waals surface area contributed by atoms with Crippen molar-refractivity contribution in [2.75, 3.05) is 5.32 Å². The van der Waals surface area contributed by atoms with Crippen LogP contribution in [0.4, 0.5) is 5.82 Å². The summed E-state index contributed by atoms with van der Waals surface area (Å²) in [5.41, 5.74) is 1.02. The molecule has 3 heterocycles. The number of hydrogen-bond acceptors (Lipinski definition) is 5. The molecule has 3 aromatic heterocycles. The van der Waals surface area contributed by atoms with Crippen molar-refractivity contribution in [3.05, 3.63) is 40.5 Å². The van der Waals surface area contributed by atoms with Crippen LogP contribution in [0.25, 0.3) is 5.78 Å². The van der Waals surface area contributed by atoms with Crippen LogP contribution >= 0.6 is 11.3 Å². The fourth-order valence-electron chi connectivity index (χ4n) is 1.76. The van der Waals surface area contributed by atoms with Crippen LogP contribution in [0.1, 0.15) is 17.5 Å². The minimum absolute atomic E-state index is 0.642. The van der Waals surface area contributed by atoms with Crippen LogP contribution in [-0.4, -0.2) is 19.6 Å². The first-order valence-corrected chi connectivity index (χ1v) is 6.70. The van der Waals surface area contributed by atoms with Gasteiger partial charge in [0.25, 0.3) is 5.78 Å². The highest BCUT2D eigenvalue weighted by Crippen LogP contribution is 2.14. The molecule has 92 valence electrons. The van der Waals surface area contributed by atoms with E-state index in [1.165, 1.54) is 11.2 Å². The van der Waals surface area contributed by atoms with E-state index in [0.717, 1.165) is 24.5 Å². The summed E-state index contributed by atoms with van der Waals surface area (Å²) in [6.45, 7) is 2.87. The van der Waals surface area contributed by atoms with Gasteiger partial charge in [0.05, 0.1) is 6.54 Å². The highest BCUT2D eigenvalue weighted by atomic mass is 32.1. The predicted octanol–water partition coefficient (Wildman–Crippen LogP) is 2.36. The van der Waals surface area contributed by atoms with Crippen LogP contribution in [0.15, 0.2) is 29.9 Å². The molecule has 1 N–H and O–H groups in total. The first kappa shape index (κ1) is 11.2. The van der Waals surface area contributed by atoms with Gasteiger partial charge >= 0.3 is 0 Å². The second-order valence-corrected chi connectivity index (χ2v) is 4.92. The van der Waals surface area contributed by atoms with E-state index in [1.54, 1.807) is 15.9 Å². The van der Waals surface area contributed by atoms with Crippen LogP contribution < -0.4 is 5.32 Å². The summed E-state index contributed by atoms with van der Waals surface area (Å²) in [5.74, 6) is 1.57. The first-order valence-electron chi connectivity index (χ1n) is 5.82. The second kappa shape index (κ2) is 4.73. The Labute approximate surface area is 109 Å². The molecule has 0 aromatic carbocycles. The zero-order valence-electron chi connectivity index (χ0n) is 10.00. The average Bonchev–Trinajstić information content (AvgIpc) is 3.06. The standard InChI is InChI=1S/C12H13N5S/c1-2-9-6-11(13-7-10-4-3-5-18-10)17-12(16-9)14-8-15-17/h3-6,8,13H,2,7H2,1H3. The summed E-state index contributed by atoms with van der Waals surface area (Å²) in [4.78, 5) is 9.84. The fraction of sp³-hybridized carbons (Fsp3) is 0.250. The van der Waals surface area contributed by atoms with Gasteiger partial charge in [-0.05, 0) is 17.9 Å². The number of nitrogens with one attached hydrogen (secondary N) is 1. The molecule has 3 aromatic rings. The molecule has 18 heavy (non-hydrogen) atoms. The Morgan fingerprint density at radius 3 is 3.17 bits per heavy atom. The molecule has 0 radical (unpaired) electrons. The summed E-state index contributed by atoms with van der Waals surface area (Å²) in [6.07, 6.45) is 2.41. The Balaban J connectivity index is 1.92. The zero-order valence-corrected chi connectivity index (χ0v) is 10.8. The van der Waals surface area contributed by atoms with Gasteiger partial charge < -0.3 is 5.32 Å². The van der Waals surface area contributed by atoms with Gasteiger partial charge in [0.2, 0.25) is 0 Å². The van der Waals surface area contributed by atoms with Crippen LogP contribution in [0, 0.1) is 0 Å². The minimum Gasteiger partial charge on any atom is -0.365 e. The van der Waals surface area contributed by atoms with Crippen LogP contribution in [-0.2, 0) is 13.0 Å². The molecule has 6 heteroatoms. The van der Waals surface area contributed by atoms with E-state index in [9.17, 15) is 0 Å². The number of aromatic nitrogens is 4. The van der Waals surface area contributed by atoms with E-state index >= 15 is 0 Å². The Morgan fingerprint density at radius 2 is 2.39 bits per heavy atom. The van der Waals surface area contributed by atoms with Crippen molar-refractivity contribution in [3.8, 4) is 0 Å². The third kappa shape index (κ3) is 2.06. The van der Waals surface area contributed by atoms with E-state index in [1.807, 2.05) is 6.07 Å². The molecule has 0 saturated carbocycles. The van der Waals surface area contributed by atoms with Gasteiger partial charge in [-0.25, -0.2) is 4.98 Å². The van der Waals surface area contributed by atoms with Crippen molar-refractivity contribution in [1.29, 1.82) is 0 Å². The third-order valence-corrected chi connectivity index (χ3v) is 3.57. The molecule has 5 nitrogen and oxygen atoms in total. The molecule has 0 aliphatic carbocycles. The number of fused-ring (bicyclic) bond motifs is 1. The largest absolute Gasteiger partial charge is 0.365 e. The molecule has 0 aliphatic heterocycles. The number of thiophene rings is 1. The van der Waals surface area contributed by atoms with Crippen LogP contribution in [0.2, 0.25) is 0 Å². The van der Waals surface area contributed by atoms with E-state index < -0.39 is 0 Å². The van der Waals surface area contributed by atoms with E-state index in [-0.39, 0.29) is 0 Å². The van der Waals surface area contributed by atoms with E-state index in [0.29, 0.717) is 5.78 Å². The average molecular weight is 259 g/mol. The van der Waals surface area contributed by atoms with Crippen molar-refractivity contribution in [2.45, 2.75) is 19.9 Å². The van der Waals surface area contributed by atoms with Gasteiger partial charge in [0.15, 0.2) is 0 Å². The van der Waals surface area contributed by atoms with Crippen LogP contribution in [0.5, 0.6) is 0 Å². The predicted molar refractivity (Wildman–Crippen MR) is 71.8 cm³/mol. The van der Waals surface area contributed by atoms with Crippen molar-refractivity contribution in [1.82, 2.24) is 19.6 Å². The first-order chi connectivity index (χ1) is 8.86. The number of nitrogens with zero attached hydrogens (tertiary/aromatic N) is 4. The SMILES string of the molecule is CCc1cc(NCc2cccs2)n2ncnc2n1.